The molecular weight excluding hydrogens is 430 g/mol. The first-order chi connectivity index (χ1) is 13.9. The summed E-state index contributed by atoms with van der Waals surface area (Å²) in [6, 6.07) is 17.5. The van der Waals surface area contributed by atoms with Crippen LogP contribution in [0.5, 0.6) is 0 Å². The Morgan fingerprint density at radius 3 is 2.45 bits per heavy atom. The van der Waals surface area contributed by atoms with E-state index in [1.807, 2.05) is 48.5 Å². The van der Waals surface area contributed by atoms with E-state index in [-0.39, 0.29) is 12.1 Å². The zero-order valence-corrected chi connectivity index (χ0v) is 17.9. The second-order valence-corrected chi connectivity index (χ2v) is 8.38. The summed E-state index contributed by atoms with van der Waals surface area (Å²) < 4.78 is 4.07. The number of nitrogens with zero attached hydrogens (tertiary/aromatic N) is 3. The second-order valence-electron chi connectivity index (χ2n) is 7.46. The average molecular weight is 452 g/mol. The quantitative estimate of drug-likeness (QED) is 0.474. The van der Waals surface area contributed by atoms with Gasteiger partial charge in [0.2, 0.25) is 0 Å². The first-order valence-electron chi connectivity index (χ1n) is 9.55. The van der Waals surface area contributed by atoms with Crippen LogP contribution in [0.4, 0.5) is 0 Å². The molecule has 0 saturated carbocycles. The highest BCUT2D eigenvalue weighted by molar-refractivity contribution is 9.10. The lowest BCUT2D eigenvalue weighted by Gasteiger charge is -2.14. The molecule has 6 heteroatoms. The molecule has 0 aliphatic heterocycles. The molecule has 29 heavy (non-hydrogen) atoms. The molecule has 5 nitrogen and oxygen atoms in total. The molecule has 2 aromatic carbocycles. The molecule has 0 aliphatic rings. The summed E-state index contributed by atoms with van der Waals surface area (Å²) in [6.45, 7) is 4.45. The van der Waals surface area contributed by atoms with E-state index in [9.17, 15) is 9.90 Å². The molecule has 0 saturated heterocycles. The van der Waals surface area contributed by atoms with E-state index in [2.05, 4.69) is 34.9 Å². The Labute approximate surface area is 177 Å². The monoisotopic (exact) mass is 451 g/mol. The van der Waals surface area contributed by atoms with Crippen LogP contribution in [-0.4, -0.2) is 19.3 Å². The van der Waals surface area contributed by atoms with E-state index in [1.54, 1.807) is 23.0 Å². The van der Waals surface area contributed by atoms with Crippen molar-refractivity contribution >= 4 is 21.4 Å². The third kappa shape index (κ3) is 4.04. The van der Waals surface area contributed by atoms with Gasteiger partial charge in [-0.1, -0.05) is 66.2 Å². The summed E-state index contributed by atoms with van der Waals surface area (Å²) in [5.41, 5.74) is 3.97. The van der Waals surface area contributed by atoms with E-state index < -0.39 is 6.10 Å². The van der Waals surface area contributed by atoms with Gasteiger partial charge in [-0.15, -0.1) is 0 Å². The molecule has 0 radical (unpaired) electrons. The van der Waals surface area contributed by atoms with Crippen LogP contribution in [0.3, 0.4) is 0 Å². The van der Waals surface area contributed by atoms with Crippen molar-refractivity contribution in [2.45, 2.75) is 32.4 Å². The lowest BCUT2D eigenvalue weighted by atomic mass is 10.00. The number of benzene rings is 2. The molecule has 0 spiro atoms. The van der Waals surface area contributed by atoms with Gasteiger partial charge in [0.05, 0.1) is 18.3 Å². The van der Waals surface area contributed by atoms with Crippen LogP contribution in [0.25, 0.3) is 16.8 Å². The summed E-state index contributed by atoms with van der Waals surface area (Å²) in [4.78, 5) is 12.9. The molecule has 1 atom stereocenters. The Morgan fingerprint density at radius 2 is 1.76 bits per heavy atom. The average Bonchev–Trinajstić information content (AvgIpc) is 3.15. The van der Waals surface area contributed by atoms with Crippen LogP contribution in [-0.2, 0) is 6.54 Å². The molecule has 4 rings (SSSR count). The molecule has 0 bridgehead atoms. The fraction of sp³-hybridized carbons (Fsp3) is 0.217. The van der Waals surface area contributed by atoms with E-state index in [0.717, 1.165) is 21.3 Å². The summed E-state index contributed by atoms with van der Waals surface area (Å²) in [5, 5.41) is 15.1. The van der Waals surface area contributed by atoms with Crippen LogP contribution < -0.4 is 5.56 Å². The Balaban J connectivity index is 1.62. The van der Waals surface area contributed by atoms with Crippen molar-refractivity contribution in [2.24, 2.45) is 0 Å². The van der Waals surface area contributed by atoms with Crippen LogP contribution in [0.2, 0.25) is 0 Å². The van der Waals surface area contributed by atoms with Gasteiger partial charge in [-0.3, -0.25) is 4.79 Å². The fourth-order valence-electron chi connectivity index (χ4n) is 3.35. The van der Waals surface area contributed by atoms with Gasteiger partial charge in [0, 0.05) is 22.4 Å². The van der Waals surface area contributed by atoms with Gasteiger partial charge in [-0.05, 0) is 35.2 Å². The van der Waals surface area contributed by atoms with Crippen molar-refractivity contribution in [2.75, 3.05) is 0 Å². The maximum absolute atomic E-state index is 12.9. The number of aliphatic hydroxyl groups excluding tert-OH is 1. The first kappa shape index (κ1) is 19.6. The van der Waals surface area contributed by atoms with Gasteiger partial charge in [-0.25, -0.2) is 4.52 Å². The molecule has 1 N–H and O–H groups in total. The molecule has 0 amide bonds. The number of rotatable bonds is 5. The standard InChI is InChI=1S/C23H22BrN3O2/c1-15(2)16-6-8-17(9-7-16)22(28)14-26-10-11-27-21(23(26)29)13-20(25-27)18-4-3-5-19(24)12-18/h3-13,15,22,28H,14H2,1-2H3/t22-/m0/s1. The smallest absolute Gasteiger partial charge is 0.276 e. The van der Waals surface area contributed by atoms with Crippen LogP contribution >= 0.6 is 15.9 Å². The molecule has 0 fully saturated rings. The number of fused-ring (bicyclic) bond motifs is 1. The molecule has 0 aliphatic carbocycles. The van der Waals surface area contributed by atoms with Crippen molar-refractivity contribution in [1.29, 1.82) is 0 Å². The van der Waals surface area contributed by atoms with Crippen molar-refractivity contribution in [3.63, 3.8) is 0 Å². The summed E-state index contributed by atoms with van der Waals surface area (Å²) in [7, 11) is 0. The molecular formula is C23H22BrN3O2. The second kappa shape index (κ2) is 7.97. The normalized spacial score (nSPS) is 12.6. The third-order valence-corrected chi connectivity index (χ3v) is 5.57. The van der Waals surface area contributed by atoms with E-state index >= 15 is 0 Å². The Kier molecular flexibility index (Phi) is 5.39. The number of aliphatic hydroxyl groups is 1. The number of hydrogen-bond acceptors (Lipinski definition) is 3. The predicted molar refractivity (Wildman–Crippen MR) is 118 cm³/mol. The van der Waals surface area contributed by atoms with Gasteiger partial charge in [-0.2, -0.15) is 5.10 Å². The first-order valence-corrected chi connectivity index (χ1v) is 10.3. The third-order valence-electron chi connectivity index (χ3n) is 5.08. The van der Waals surface area contributed by atoms with Crippen LogP contribution in [0.15, 0.2) is 76.3 Å². The van der Waals surface area contributed by atoms with E-state index in [1.165, 1.54) is 10.1 Å². The van der Waals surface area contributed by atoms with Gasteiger partial charge < -0.3 is 9.67 Å². The topological polar surface area (TPSA) is 59.5 Å². The van der Waals surface area contributed by atoms with E-state index in [0.29, 0.717) is 11.4 Å². The highest BCUT2D eigenvalue weighted by Gasteiger charge is 2.13. The number of halogens is 1. The maximum atomic E-state index is 12.9. The maximum Gasteiger partial charge on any atom is 0.276 e. The Bertz CT molecular complexity index is 1210. The lowest BCUT2D eigenvalue weighted by Crippen LogP contribution is -2.24. The zero-order chi connectivity index (χ0) is 20.5. The van der Waals surface area contributed by atoms with Crippen molar-refractivity contribution < 1.29 is 5.11 Å². The predicted octanol–water partition coefficient (Wildman–Crippen LogP) is 4.78. The van der Waals surface area contributed by atoms with Crippen molar-refractivity contribution in [3.8, 4) is 11.3 Å². The molecule has 148 valence electrons. The molecule has 2 aromatic heterocycles. The summed E-state index contributed by atoms with van der Waals surface area (Å²) in [5.74, 6) is 0.438. The van der Waals surface area contributed by atoms with Crippen LogP contribution in [0, 0.1) is 0 Å². The Hall–Kier alpha value is -2.70. The SMILES string of the molecule is CC(C)c1ccc([C@@H](O)Cn2ccn3nc(-c4cccc(Br)c4)cc3c2=O)cc1. The van der Waals surface area contributed by atoms with Crippen molar-refractivity contribution in [3.05, 3.63) is 92.9 Å². The largest absolute Gasteiger partial charge is 0.387 e. The van der Waals surface area contributed by atoms with Gasteiger partial charge in [0.25, 0.3) is 5.56 Å². The highest BCUT2D eigenvalue weighted by atomic mass is 79.9. The van der Waals surface area contributed by atoms with E-state index in [4.69, 9.17) is 0 Å². The lowest BCUT2D eigenvalue weighted by molar-refractivity contribution is 0.155. The summed E-state index contributed by atoms with van der Waals surface area (Å²) in [6.07, 6.45) is 2.65. The number of aromatic nitrogens is 3. The molecule has 0 unspecified atom stereocenters. The molecule has 2 heterocycles. The summed E-state index contributed by atoms with van der Waals surface area (Å²) >= 11 is 3.46. The van der Waals surface area contributed by atoms with Gasteiger partial charge >= 0.3 is 0 Å². The minimum Gasteiger partial charge on any atom is -0.387 e. The highest BCUT2D eigenvalue weighted by Crippen LogP contribution is 2.23. The number of hydrogen-bond donors (Lipinski definition) is 1. The van der Waals surface area contributed by atoms with Gasteiger partial charge in [0.1, 0.15) is 5.52 Å². The van der Waals surface area contributed by atoms with Gasteiger partial charge in [0.15, 0.2) is 0 Å². The molecule has 4 aromatic rings. The Morgan fingerprint density at radius 1 is 1.03 bits per heavy atom. The van der Waals surface area contributed by atoms with Crippen LogP contribution in [0.1, 0.15) is 37.0 Å². The van der Waals surface area contributed by atoms with Crippen molar-refractivity contribution in [1.82, 2.24) is 14.2 Å². The fourth-order valence-corrected chi connectivity index (χ4v) is 3.75. The minimum atomic E-state index is -0.760. The minimum absolute atomic E-state index is 0.181. The zero-order valence-electron chi connectivity index (χ0n) is 16.3.